The molecule has 0 aromatic carbocycles. The fraction of sp³-hybridized carbons (Fsp3) is 0.667. The lowest BCUT2D eigenvalue weighted by molar-refractivity contribution is -0.121. The molecule has 0 saturated heterocycles. The second-order valence-corrected chi connectivity index (χ2v) is 5.35. The monoisotopic (exact) mass is 238 g/mol. The third kappa shape index (κ3) is 4.99. The van der Waals surface area contributed by atoms with Crippen molar-refractivity contribution in [1.29, 1.82) is 0 Å². The average molecular weight is 238 g/mol. The number of carbonyl (C=O) groups excluding carboxylic acids is 1. The standard InChI is InChI=1S/C12H22N4O/c1-12(2,3)10(13)6-11(17)15-5-4-9-7-14-8-16-9/h7-8,10H,4-6,13H2,1-3H3,(H,14,16)(H,15,17). The molecule has 1 aromatic rings. The van der Waals surface area contributed by atoms with Gasteiger partial charge in [0.05, 0.1) is 6.33 Å². The van der Waals surface area contributed by atoms with Crippen molar-refractivity contribution in [3.05, 3.63) is 18.2 Å². The summed E-state index contributed by atoms with van der Waals surface area (Å²) in [5.74, 6) is 0.00643. The number of nitrogens with zero attached hydrogens (tertiary/aromatic N) is 1. The summed E-state index contributed by atoms with van der Waals surface area (Å²) in [4.78, 5) is 18.5. The largest absolute Gasteiger partial charge is 0.356 e. The molecule has 0 bridgehead atoms. The zero-order chi connectivity index (χ0) is 12.9. The van der Waals surface area contributed by atoms with Gasteiger partial charge >= 0.3 is 0 Å². The molecule has 4 N–H and O–H groups in total. The summed E-state index contributed by atoms with van der Waals surface area (Å²) in [6.45, 7) is 6.72. The fourth-order valence-electron chi connectivity index (χ4n) is 1.34. The number of aromatic nitrogens is 2. The SMILES string of the molecule is CC(C)(C)C(N)CC(=O)NCCc1cnc[nH]1. The number of amides is 1. The van der Waals surface area contributed by atoms with E-state index in [1.54, 1.807) is 12.5 Å². The van der Waals surface area contributed by atoms with Crippen LogP contribution in [0.4, 0.5) is 0 Å². The Balaban J connectivity index is 2.22. The van der Waals surface area contributed by atoms with Gasteiger partial charge in [0.1, 0.15) is 0 Å². The van der Waals surface area contributed by atoms with Crippen molar-refractivity contribution in [3.8, 4) is 0 Å². The van der Waals surface area contributed by atoms with Crippen LogP contribution in [0.1, 0.15) is 32.9 Å². The summed E-state index contributed by atoms with van der Waals surface area (Å²) in [7, 11) is 0. The Morgan fingerprint density at radius 3 is 2.82 bits per heavy atom. The molecule has 0 radical (unpaired) electrons. The molecule has 1 amide bonds. The van der Waals surface area contributed by atoms with Gasteiger partial charge in [0.15, 0.2) is 0 Å². The molecule has 96 valence electrons. The Kier molecular flexibility index (Phi) is 4.69. The molecule has 1 heterocycles. The van der Waals surface area contributed by atoms with Crippen molar-refractivity contribution in [2.24, 2.45) is 11.1 Å². The van der Waals surface area contributed by atoms with Crippen LogP contribution >= 0.6 is 0 Å². The van der Waals surface area contributed by atoms with E-state index in [-0.39, 0.29) is 17.4 Å². The number of rotatable bonds is 5. The molecule has 1 aromatic heterocycles. The average Bonchev–Trinajstić information content (AvgIpc) is 2.69. The van der Waals surface area contributed by atoms with E-state index in [9.17, 15) is 4.79 Å². The first-order valence-corrected chi connectivity index (χ1v) is 5.89. The summed E-state index contributed by atoms with van der Waals surface area (Å²) in [5, 5.41) is 2.86. The maximum Gasteiger partial charge on any atom is 0.221 e. The lowest BCUT2D eigenvalue weighted by atomic mass is 9.85. The number of hydrogen-bond donors (Lipinski definition) is 3. The predicted molar refractivity (Wildman–Crippen MR) is 67.3 cm³/mol. The third-order valence-electron chi connectivity index (χ3n) is 2.79. The van der Waals surface area contributed by atoms with Crippen LogP contribution in [0.5, 0.6) is 0 Å². The lowest BCUT2D eigenvalue weighted by Crippen LogP contribution is -2.40. The van der Waals surface area contributed by atoms with Gasteiger partial charge in [0.2, 0.25) is 5.91 Å². The topological polar surface area (TPSA) is 83.8 Å². The Hall–Kier alpha value is -1.36. The van der Waals surface area contributed by atoms with Crippen LogP contribution in [0.2, 0.25) is 0 Å². The number of nitrogens with two attached hydrogens (primary N) is 1. The molecule has 0 aliphatic rings. The van der Waals surface area contributed by atoms with Gasteiger partial charge in [-0.2, -0.15) is 0 Å². The van der Waals surface area contributed by atoms with Gasteiger partial charge in [0.25, 0.3) is 0 Å². The van der Waals surface area contributed by atoms with Gasteiger partial charge in [-0.15, -0.1) is 0 Å². The highest BCUT2D eigenvalue weighted by Crippen LogP contribution is 2.19. The highest BCUT2D eigenvalue weighted by atomic mass is 16.1. The van der Waals surface area contributed by atoms with E-state index in [2.05, 4.69) is 15.3 Å². The molecule has 5 nitrogen and oxygen atoms in total. The van der Waals surface area contributed by atoms with Crippen molar-refractivity contribution < 1.29 is 4.79 Å². The van der Waals surface area contributed by atoms with Crippen LogP contribution < -0.4 is 11.1 Å². The summed E-state index contributed by atoms with van der Waals surface area (Å²) >= 11 is 0. The van der Waals surface area contributed by atoms with E-state index in [1.165, 1.54) is 0 Å². The highest BCUT2D eigenvalue weighted by Gasteiger charge is 2.22. The molecule has 5 heteroatoms. The molecule has 0 aliphatic heterocycles. The summed E-state index contributed by atoms with van der Waals surface area (Å²) in [6.07, 6.45) is 4.52. The minimum atomic E-state index is -0.116. The molecule has 0 spiro atoms. The minimum Gasteiger partial charge on any atom is -0.356 e. The number of H-pyrrole nitrogens is 1. The van der Waals surface area contributed by atoms with Gasteiger partial charge in [-0.25, -0.2) is 4.98 Å². The van der Waals surface area contributed by atoms with Gasteiger partial charge in [-0.3, -0.25) is 4.79 Å². The number of aromatic amines is 1. The van der Waals surface area contributed by atoms with Crippen molar-refractivity contribution in [3.63, 3.8) is 0 Å². The first-order valence-electron chi connectivity index (χ1n) is 5.89. The van der Waals surface area contributed by atoms with E-state index in [0.29, 0.717) is 13.0 Å². The molecule has 1 atom stereocenters. The number of nitrogens with one attached hydrogen (secondary N) is 2. The molecular weight excluding hydrogens is 216 g/mol. The first-order chi connectivity index (χ1) is 7.89. The highest BCUT2D eigenvalue weighted by molar-refractivity contribution is 5.76. The molecule has 1 unspecified atom stereocenters. The van der Waals surface area contributed by atoms with Crippen molar-refractivity contribution in [2.45, 2.75) is 39.7 Å². The predicted octanol–water partition coefficient (Wildman–Crippen LogP) is 0.832. The normalized spacial score (nSPS) is 13.4. The Morgan fingerprint density at radius 2 is 2.29 bits per heavy atom. The summed E-state index contributed by atoms with van der Waals surface area (Å²) in [6, 6.07) is -0.116. The Morgan fingerprint density at radius 1 is 1.59 bits per heavy atom. The van der Waals surface area contributed by atoms with Crippen LogP contribution in [0.3, 0.4) is 0 Å². The molecule has 17 heavy (non-hydrogen) atoms. The lowest BCUT2D eigenvalue weighted by Gasteiger charge is -2.26. The van der Waals surface area contributed by atoms with Gasteiger partial charge in [0, 0.05) is 37.3 Å². The fourth-order valence-corrected chi connectivity index (χ4v) is 1.34. The van der Waals surface area contributed by atoms with Gasteiger partial charge < -0.3 is 16.0 Å². The summed E-state index contributed by atoms with van der Waals surface area (Å²) < 4.78 is 0. The second kappa shape index (κ2) is 5.82. The van der Waals surface area contributed by atoms with E-state index < -0.39 is 0 Å². The first kappa shape index (κ1) is 13.7. The van der Waals surface area contributed by atoms with E-state index in [0.717, 1.165) is 12.1 Å². The van der Waals surface area contributed by atoms with Crippen molar-refractivity contribution in [1.82, 2.24) is 15.3 Å². The van der Waals surface area contributed by atoms with E-state index >= 15 is 0 Å². The summed E-state index contributed by atoms with van der Waals surface area (Å²) in [5.41, 5.74) is 6.92. The van der Waals surface area contributed by atoms with Crippen LogP contribution in [-0.4, -0.2) is 28.5 Å². The molecule has 0 fully saturated rings. The van der Waals surface area contributed by atoms with Crippen LogP contribution in [-0.2, 0) is 11.2 Å². The van der Waals surface area contributed by atoms with Gasteiger partial charge in [-0.1, -0.05) is 20.8 Å². The van der Waals surface area contributed by atoms with Crippen LogP contribution in [0.25, 0.3) is 0 Å². The van der Waals surface area contributed by atoms with Crippen molar-refractivity contribution in [2.75, 3.05) is 6.54 Å². The maximum atomic E-state index is 11.6. The molecular formula is C12H22N4O. The zero-order valence-electron chi connectivity index (χ0n) is 10.8. The minimum absolute atomic E-state index is 0.00643. The van der Waals surface area contributed by atoms with E-state index in [1.807, 2.05) is 20.8 Å². The Labute approximate surface area is 102 Å². The van der Waals surface area contributed by atoms with Crippen LogP contribution in [0, 0.1) is 5.41 Å². The molecule has 1 rings (SSSR count). The second-order valence-electron chi connectivity index (χ2n) is 5.35. The van der Waals surface area contributed by atoms with E-state index in [4.69, 9.17) is 5.73 Å². The third-order valence-corrected chi connectivity index (χ3v) is 2.79. The number of carbonyl (C=O) groups is 1. The Bertz CT molecular complexity index is 340. The van der Waals surface area contributed by atoms with Crippen molar-refractivity contribution >= 4 is 5.91 Å². The smallest absolute Gasteiger partial charge is 0.221 e. The molecule has 0 saturated carbocycles. The molecule has 0 aliphatic carbocycles. The quantitative estimate of drug-likeness (QED) is 0.710. The number of imidazole rings is 1. The number of hydrogen-bond acceptors (Lipinski definition) is 3. The zero-order valence-corrected chi connectivity index (χ0v) is 10.8. The maximum absolute atomic E-state index is 11.6. The van der Waals surface area contributed by atoms with Crippen LogP contribution in [0.15, 0.2) is 12.5 Å². The van der Waals surface area contributed by atoms with Gasteiger partial charge in [-0.05, 0) is 5.41 Å².